The van der Waals surface area contributed by atoms with E-state index in [1.807, 2.05) is 0 Å². The third-order valence-corrected chi connectivity index (χ3v) is 3.11. The fraction of sp³-hybridized carbons (Fsp3) is 0.286. The zero-order chi connectivity index (χ0) is 15.6. The lowest BCUT2D eigenvalue weighted by atomic mass is 10.0. The van der Waals surface area contributed by atoms with Gasteiger partial charge in [0.2, 0.25) is 0 Å². The van der Waals surface area contributed by atoms with Crippen LogP contribution in [0.25, 0.3) is 11.0 Å². The number of benzene rings is 1. The minimum absolute atomic E-state index is 0.198. The maximum absolute atomic E-state index is 11.4. The van der Waals surface area contributed by atoms with Gasteiger partial charge in [0.1, 0.15) is 17.3 Å². The zero-order valence-corrected chi connectivity index (χ0v) is 11.2. The first-order valence-electron chi connectivity index (χ1n) is 6.26. The van der Waals surface area contributed by atoms with Crippen molar-refractivity contribution in [2.45, 2.75) is 12.2 Å². The topological polar surface area (TPSA) is 120 Å². The lowest BCUT2D eigenvalue weighted by molar-refractivity contribution is 0.0203. The molecule has 1 aromatic carbocycles. The van der Waals surface area contributed by atoms with Crippen LogP contribution >= 0.6 is 0 Å². The van der Waals surface area contributed by atoms with Crippen LogP contribution in [0.3, 0.4) is 0 Å². The third-order valence-electron chi connectivity index (χ3n) is 3.11. The van der Waals surface area contributed by atoms with Gasteiger partial charge < -0.3 is 25.1 Å². The molecule has 0 aliphatic heterocycles. The van der Waals surface area contributed by atoms with Crippen LogP contribution in [0.4, 0.5) is 0 Å². The first kappa shape index (κ1) is 15.2. The molecule has 2 unspecified atom stereocenters. The first-order valence-corrected chi connectivity index (χ1v) is 6.26. The molecule has 2 aromatic rings. The summed E-state index contributed by atoms with van der Waals surface area (Å²) in [6.45, 7) is 0.198. The fourth-order valence-electron chi connectivity index (χ4n) is 2.02. The minimum atomic E-state index is -1.38. The predicted molar refractivity (Wildman–Crippen MR) is 74.3 cm³/mol. The van der Waals surface area contributed by atoms with Crippen molar-refractivity contribution in [2.24, 2.45) is 0 Å². The van der Waals surface area contributed by atoms with Crippen LogP contribution in [0.5, 0.6) is 0 Å². The average molecular weight is 293 g/mol. The van der Waals surface area contributed by atoms with Gasteiger partial charge in [-0.3, -0.25) is 0 Å². The van der Waals surface area contributed by atoms with Gasteiger partial charge in [-0.15, -0.1) is 0 Å². The van der Waals surface area contributed by atoms with Crippen molar-refractivity contribution < 1.29 is 24.5 Å². The SMILES string of the molecule is CNCC(O)C(O)c1ccc2oc(=O)c(C(=O)O)cc2c1. The molecule has 0 saturated carbocycles. The Bertz CT molecular complexity index is 723. The van der Waals surface area contributed by atoms with E-state index >= 15 is 0 Å². The molecule has 1 heterocycles. The van der Waals surface area contributed by atoms with Gasteiger partial charge in [0.05, 0.1) is 6.10 Å². The molecule has 1 aromatic heterocycles. The van der Waals surface area contributed by atoms with Crippen molar-refractivity contribution in [1.82, 2.24) is 5.32 Å². The highest BCUT2D eigenvalue weighted by molar-refractivity contribution is 5.91. The molecule has 112 valence electrons. The Morgan fingerprint density at radius 2 is 2.05 bits per heavy atom. The molecule has 0 bridgehead atoms. The van der Waals surface area contributed by atoms with Gasteiger partial charge >= 0.3 is 11.6 Å². The normalized spacial score (nSPS) is 14.0. The lowest BCUT2D eigenvalue weighted by Crippen LogP contribution is -2.29. The van der Waals surface area contributed by atoms with E-state index in [2.05, 4.69) is 5.32 Å². The molecule has 0 aliphatic rings. The van der Waals surface area contributed by atoms with Gasteiger partial charge in [0.25, 0.3) is 0 Å². The number of hydrogen-bond acceptors (Lipinski definition) is 6. The van der Waals surface area contributed by atoms with E-state index in [0.29, 0.717) is 10.9 Å². The van der Waals surface area contributed by atoms with Crippen molar-refractivity contribution in [3.05, 3.63) is 45.8 Å². The summed E-state index contributed by atoms with van der Waals surface area (Å²) < 4.78 is 4.90. The van der Waals surface area contributed by atoms with Gasteiger partial charge in [0.15, 0.2) is 0 Å². The van der Waals surface area contributed by atoms with Crippen molar-refractivity contribution in [2.75, 3.05) is 13.6 Å². The number of rotatable bonds is 5. The van der Waals surface area contributed by atoms with Gasteiger partial charge in [0, 0.05) is 11.9 Å². The summed E-state index contributed by atoms with van der Waals surface area (Å²) in [6, 6.07) is 5.63. The highest BCUT2D eigenvalue weighted by Gasteiger charge is 2.19. The molecule has 7 nitrogen and oxygen atoms in total. The van der Waals surface area contributed by atoms with Crippen molar-refractivity contribution in [3.63, 3.8) is 0 Å². The molecule has 0 amide bonds. The van der Waals surface area contributed by atoms with Crippen LogP contribution in [0.15, 0.2) is 33.5 Å². The summed E-state index contributed by atoms with van der Waals surface area (Å²) >= 11 is 0. The molecular formula is C14H15NO6. The number of likely N-dealkylation sites (N-methyl/N-ethyl adjacent to an activating group) is 1. The number of aliphatic hydroxyl groups is 2. The molecule has 2 atom stereocenters. The van der Waals surface area contributed by atoms with Crippen LogP contribution in [-0.2, 0) is 0 Å². The van der Waals surface area contributed by atoms with Gasteiger partial charge in [-0.1, -0.05) is 6.07 Å². The Kier molecular flexibility index (Phi) is 4.37. The highest BCUT2D eigenvalue weighted by atomic mass is 16.4. The molecule has 0 fully saturated rings. The number of aliphatic hydroxyl groups excluding tert-OH is 2. The molecule has 7 heteroatoms. The number of nitrogens with one attached hydrogen (secondary N) is 1. The zero-order valence-electron chi connectivity index (χ0n) is 11.2. The van der Waals surface area contributed by atoms with Gasteiger partial charge in [-0.05, 0) is 30.8 Å². The second-order valence-corrected chi connectivity index (χ2v) is 4.62. The van der Waals surface area contributed by atoms with E-state index in [-0.39, 0.29) is 12.1 Å². The van der Waals surface area contributed by atoms with Crippen LogP contribution in [-0.4, -0.2) is 41.0 Å². The summed E-state index contributed by atoms with van der Waals surface area (Å²) in [5.41, 5.74) is -0.803. The molecule has 0 aliphatic carbocycles. The Morgan fingerprint density at radius 3 is 2.67 bits per heavy atom. The van der Waals surface area contributed by atoms with E-state index in [0.717, 1.165) is 0 Å². The quantitative estimate of drug-likeness (QED) is 0.577. The van der Waals surface area contributed by atoms with Crippen molar-refractivity contribution in [3.8, 4) is 0 Å². The number of fused-ring (bicyclic) bond motifs is 1. The Labute approximate surface area is 119 Å². The van der Waals surface area contributed by atoms with E-state index < -0.39 is 29.4 Å². The average Bonchev–Trinajstić information content (AvgIpc) is 2.45. The Balaban J connectivity index is 2.47. The van der Waals surface area contributed by atoms with Crippen LogP contribution in [0.2, 0.25) is 0 Å². The monoisotopic (exact) mass is 293 g/mol. The number of aromatic carboxylic acids is 1. The summed E-state index contributed by atoms with van der Waals surface area (Å²) in [5, 5.41) is 31.8. The Morgan fingerprint density at radius 1 is 1.33 bits per heavy atom. The smallest absolute Gasteiger partial charge is 0.351 e. The maximum atomic E-state index is 11.4. The second-order valence-electron chi connectivity index (χ2n) is 4.62. The molecule has 0 saturated heterocycles. The van der Waals surface area contributed by atoms with Gasteiger partial charge in [-0.25, -0.2) is 9.59 Å². The summed E-state index contributed by atoms with van der Waals surface area (Å²) in [6.07, 6.45) is -2.15. The number of carboxylic acid groups (broad SMARTS) is 1. The van der Waals surface area contributed by atoms with Gasteiger partial charge in [-0.2, -0.15) is 0 Å². The largest absolute Gasteiger partial charge is 0.477 e. The Hall–Kier alpha value is -2.22. The summed E-state index contributed by atoms with van der Waals surface area (Å²) in [4.78, 5) is 22.4. The van der Waals surface area contributed by atoms with Crippen molar-refractivity contribution >= 4 is 16.9 Å². The number of carbonyl (C=O) groups is 1. The molecule has 0 radical (unpaired) electrons. The van der Waals surface area contributed by atoms with Crippen LogP contribution < -0.4 is 10.9 Å². The van der Waals surface area contributed by atoms with Crippen molar-refractivity contribution in [1.29, 1.82) is 0 Å². The first-order chi connectivity index (χ1) is 9.93. The molecule has 4 N–H and O–H groups in total. The minimum Gasteiger partial charge on any atom is -0.477 e. The highest BCUT2D eigenvalue weighted by Crippen LogP contribution is 2.22. The maximum Gasteiger partial charge on any atom is 0.351 e. The molecule has 0 spiro atoms. The standard InChI is InChI=1S/C14H15NO6/c1-15-6-10(16)12(17)7-2-3-11-8(4-7)5-9(13(18)19)14(20)21-11/h2-5,10,12,15-17H,6H2,1H3,(H,18,19). The molecular weight excluding hydrogens is 278 g/mol. The third kappa shape index (κ3) is 3.10. The number of carboxylic acids is 1. The summed E-state index contributed by atoms with van der Waals surface area (Å²) in [5.74, 6) is -1.38. The molecule has 21 heavy (non-hydrogen) atoms. The van der Waals surface area contributed by atoms with Crippen LogP contribution in [0, 0.1) is 0 Å². The predicted octanol–water partition coefficient (Wildman–Crippen LogP) is 0.105. The fourth-order valence-corrected chi connectivity index (χ4v) is 2.02. The van der Waals surface area contributed by atoms with E-state index in [4.69, 9.17) is 9.52 Å². The van der Waals surface area contributed by atoms with Crippen LogP contribution in [0.1, 0.15) is 22.0 Å². The lowest BCUT2D eigenvalue weighted by Gasteiger charge is -2.18. The number of hydrogen-bond donors (Lipinski definition) is 4. The van der Waals surface area contributed by atoms with E-state index in [9.17, 15) is 19.8 Å². The van der Waals surface area contributed by atoms with E-state index in [1.54, 1.807) is 7.05 Å². The van der Waals surface area contributed by atoms with E-state index in [1.165, 1.54) is 24.3 Å². The second kappa shape index (κ2) is 6.04. The molecule has 2 rings (SSSR count). The summed E-state index contributed by atoms with van der Waals surface area (Å²) in [7, 11) is 1.64.